The lowest BCUT2D eigenvalue weighted by Gasteiger charge is -2.32. The number of halogens is 1. The molecule has 1 aliphatic heterocycles. The smallest absolute Gasteiger partial charge is 0.243 e. The summed E-state index contributed by atoms with van der Waals surface area (Å²) in [6.07, 6.45) is 0.781. The predicted octanol–water partition coefficient (Wildman–Crippen LogP) is 3.60. The molecular weight excluding hydrogens is 398 g/mol. The van der Waals surface area contributed by atoms with Crippen molar-refractivity contribution in [3.8, 4) is 11.5 Å². The van der Waals surface area contributed by atoms with Crippen LogP contribution in [0.1, 0.15) is 29.6 Å². The highest BCUT2D eigenvalue weighted by molar-refractivity contribution is 9.10. The molecule has 1 aliphatic rings. The van der Waals surface area contributed by atoms with Crippen LogP contribution in [0, 0.1) is 0 Å². The van der Waals surface area contributed by atoms with Crippen molar-refractivity contribution in [2.45, 2.75) is 18.5 Å². The fourth-order valence-corrected chi connectivity index (χ4v) is 3.65. The summed E-state index contributed by atoms with van der Waals surface area (Å²) in [7, 11) is 3.28. The van der Waals surface area contributed by atoms with E-state index in [4.69, 9.17) is 9.47 Å². The predicted molar refractivity (Wildman–Crippen MR) is 101 cm³/mol. The molecule has 0 saturated carbocycles. The number of aromatic nitrogens is 4. The van der Waals surface area contributed by atoms with Crippen LogP contribution < -0.4 is 14.8 Å². The van der Waals surface area contributed by atoms with Gasteiger partial charge in [0.25, 0.3) is 0 Å². The molecule has 4 rings (SSSR count). The summed E-state index contributed by atoms with van der Waals surface area (Å²) in [5.41, 5.74) is 2.17. The van der Waals surface area contributed by atoms with Gasteiger partial charge in [-0.1, -0.05) is 45.3 Å². The molecule has 0 aliphatic carbocycles. The molecule has 7 nitrogen and oxygen atoms in total. The number of nitrogens with one attached hydrogen (secondary N) is 1. The summed E-state index contributed by atoms with van der Waals surface area (Å²) in [5.74, 6) is 2.04. The zero-order valence-electron chi connectivity index (χ0n) is 14.4. The van der Waals surface area contributed by atoms with E-state index in [-0.39, 0.29) is 12.1 Å². The lowest BCUT2D eigenvalue weighted by Crippen LogP contribution is -2.28. The van der Waals surface area contributed by atoms with Crippen molar-refractivity contribution in [3.63, 3.8) is 0 Å². The number of nitrogens with zero attached hydrogens (tertiary/aromatic N) is 4. The maximum absolute atomic E-state index is 5.64. The van der Waals surface area contributed by atoms with Crippen molar-refractivity contribution in [2.24, 2.45) is 0 Å². The van der Waals surface area contributed by atoms with Crippen molar-refractivity contribution < 1.29 is 9.47 Å². The summed E-state index contributed by atoms with van der Waals surface area (Å²) in [5, 5.41) is 15.6. The Bertz CT molecular complexity index is 912. The van der Waals surface area contributed by atoms with Crippen molar-refractivity contribution in [1.82, 2.24) is 20.2 Å². The van der Waals surface area contributed by atoms with Crippen molar-refractivity contribution >= 4 is 21.9 Å². The monoisotopic (exact) mass is 415 g/mol. The first-order valence-corrected chi connectivity index (χ1v) is 9.01. The van der Waals surface area contributed by atoms with Crippen molar-refractivity contribution in [2.75, 3.05) is 19.5 Å². The Kier molecular flexibility index (Phi) is 4.50. The standard InChI is InChI=1S/C18H18BrN5O2/c1-25-16-5-3-4-13(17(16)26-2)15-10-14(11-6-8-12(19)9-7-11)20-18-21-22-23-24(15)18/h3-9,14-15H,10H2,1-2H3,(H,20,21,23)/t14-,15-/m1/s1. The third-order valence-electron chi connectivity index (χ3n) is 4.62. The van der Waals surface area contributed by atoms with Gasteiger partial charge in [0.05, 0.1) is 26.3 Å². The Hall–Kier alpha value is -2.61. The van der Waals surface area contributed by atoms with Crippen LogP contribution in [-0.2, 0) is 0 Å². The van der Waals surface area contributed by atoms with Crippen LogP contribution in [0.3, 0.4) is 0 Å². The molecule has 0 radical (unpaired) electrons. The first-order chi connectivity index (χ1) is 12.7. The summed E-state index contributed by atoms with van der Waals surface area (Å²) < 4.78 is 13.9. The van der Waals surface area contributed by atoms with Crippen LogP contribution in [0.25, 0.3) is 0 Å². The van der Waals surface area contributed by atoms with E-state index >= 15 is 0 Å². The van der Waals surface area contributed by atoms with E-state index in [2.05, 4.69) is 48.9 Å². The molecular formula is C18H18BrN5O2. The molecule has 0 fully saturated rings. The maximum Gasteiger partial charge on any atom is 0.243 e. The molecule has 0 spiro atoms. The van der Waals surface area contributed by atoms with Crippen LogP contribution in [-0.4, -0.2) is 34.4 Å². The molecule has 0 saturated heterocycles. The number of ether oxygens (including phenoxy) is 2. The van der Waals surface area contributed by atoms with Crippen LogP contribution >= 0.6 is 15.9 Å². The van der Waals surface area contributed by atoms with Gasteiger partial charge in [-0.2, -0.15) is 0 Å². The number of hydrogen-bond donors (Lipinski definition) is 1. The van der Waals surface area contributed by atoms with E-state index in [1.165, 1.54) is 5.56 Å². The van der Waals surface area contributed by atoms with Gasteiger partial charge < -0.3 is 14.8 Å². The Morgan fingerprint density at radius 3 is 2.65 bits per heavy atom. The van der Waals surface area contributed by atoms with Gasteiger partial charge in [0, 0.05) is 10.0 Å². The van der Waals surface area contributed by atoms with Crippen molar-refractivity contribution in [1.29, 1.82) is 0 Å². The molecule has 1 aromatic heterocycles. The lowest BCUT2D eigenvalue weighted by atomic mass is 9.92. The number of tetrazole rings is 1. The fourth-order valence-electron chi connectivity index (χ4n) is 3.38. The van der Waals surface area contributed by atoms with E-state index < -0.39 is 0 Å². The summed E-state index contributed by atoms with van der Waals surface area (Å²) >= 11 is 3.49. The average molecular weight is 416 g/mol. The molecule has 134 valence electrons. The first-order valence-electron chi connectivity index (χ1n) is 8.22. The topological polar surface area (TPSA) is 74.1 Å². The summed E-state index contributed by atoms with van der Waals surface area (Å²) in [6.45, 7) is 0. The molecule has 2 heterocycles. The Morgan fingerprint density at radius 1 is 1.12 bits per heavy atom. The van der Waals surface area contributed by atoms with Gasteiger partial charge in [0.1, 0.15) is 0 Å². The summed E-state index contributed by atoms with van der Waals surface area (Å²) in [6, 6.07) is 14.2. The second kappa shape index (κ2) is 6.95. The number of rotatable bonds is 4. The van der Waals surface area contributed by atoms with Crippen molar-refractivity contribution in [3.05, 3.63) is 58.1 Å². The molecule has 2 aromatic carbocycles. The molecule has 0 unspecified atom stereocenters. The van der Waals surface area contributed by atoms with E-state index in [9.17, 15) is 0 Å². The van der Waals surface area contributed by atoms with Gasteiger partial charge in [0.15, 0.2) is 11.5 Å². The number of para-hydroxylation sites is 1. The minimum absolute atomic E-state index is 0.0695. The third kappa shape index (κ3) is 2.90. The minimum Gasteiger partial charge on any atom is -0.493 e. The SMILES string of the molecule is COc1cccc([C@H]2C[C@H](c3ccc(Br)cc3)Nc3nnnn32)c1OC. The van der Waals surface area contributed by atoms with E-state index in [0.717, 1.165) is 16.5 Å². The van der Waals surface area contributed by atoms with Crippen LogP contribution in [0.2, 0.25) is 0 Å². The quantitative estimate of drug-likeness (QED) is 0.701. The zero-order valence-corrected chi connectivity index (χ0v) is 16.0. The second-order valence-corrected chi connectivity index (χ2v) is 6.95. The first kappa shape index (κ1) is 16.8. The molecule has 8 heteroatoms. The zero-order chi connectivity index (χ0) is 18.1. The van der Waals surface area contributed by atoms with Crippen LogP contribution in [0.5, 0.6) is 11.5 Å². The number of methoxy groups -OCH3 is 2. The molecule has 0 bridgehead atoms. The third-order valence-corrected chi connectivity index (χ3v) is 5.14. The van der Waals surface area contributed by atoms with E-state index in [0.29, 0.717) is 17.4 Å². The normalized spacial score (nSPS) is 18.7. The molecule has 2 atom stereocenters. The number of anilines is 1. The van der Waals surface area contributed by atoms with Gasteiger partial charge in [-0.3, -0.25) is 0 Å². The molecule has 26 heavy (non-hydrogen) atoms. The van der Waals surface area contributed by atoms with Gasteiger partial charge in [0.2, 0.25) is 5.95 Å². The highest BCUT2D eigenvalue weighted by atomic mass is 79.9. The van der Waals surface area contributed by atoms with E-state index in [1.54, 1.807) is 18.9 Å². The van der Waals surface area contributed by atoms with E-state index in [1.807, 2.05) is 30.3 Å². The molecule has 3 aromatic rings. The minimum atomic E-state index is -0.0695. The number of benzene rings is 2. The molecule has 0 amide bonds. The van der Waals surface area contributed by atoms with Crippen LogP contribution in [0.4, 0.5) is 5.95 Å². The number of hydrogen-bond acceptors (Lipinski definition) is 6. The summed E-state index contributed by atoms with van der Waals surface area (Å²) in [4.78, 5) is 0. The lowest BCUT2D eigenvalue weighted by molar-refractivity contribution is 0.339. The average Bonchev–Trinajstić information content (AvgIpc) is 3.15. The highest BCUT2D eigenvalue weighted by Crippen LogP contribution is 2.43. The maximum atomic E-state index is 5.64. The van der Waals surface area contributed by atoms with Gasteiger partial charge in [-0.05, 0) is 40.6 Å². The largest absolute Gasteiger partial charge is 0.493 e. The number of fused-ring (bicyclic) bond motifs is 1. The van der Waals surface area contributed by atoms with Crippen LogP contribution in [0.15, 0.2) is 46.9 Å². The second-order valence-electron chi connectivity index (χ2n) is 6.03. The Morgan fingerprint density at radius 2 is 1.92 bits per heavy atom. The molecule has 1 N–H and O–H groups in total. The van der Waals surface area contributed by atoms with Gasteiger partial charge in [-0.15, -0.1) is 0 Å². The van der Waals surface area contributed by atoms with Gasteiger partial charge in [-0.25, -0.2) is 4.68 Å². The Labute approximate surface area is 159 Å². The fraction of sp³-hybridized carbons (Fsp3) is 0.278. The highest BCUT2D eigenvalue weighted by Gasteiger charge is 2.33. The van der Waals surface area contributed by atoms with Gasteiger partial charge >= 0.3 is 0 Å². The Balaban J connectivity index is 1.78.